The molecule has 0 spiro atoms. The number of hydrogen-bond acceptors (Lipinski definition) is 3. The molecule has 2 rings (SSSR count). The molecule has 2 N–H and O–H groups in total. The summed E-state index contributed by atoms with van der Waals surface area (Å²) in [7, 11) is 0. The van der Waals surface area contributed by atoms with Gasteiger partial charge in [-0.2, -0.15) is 0 Å². The number of hydrogen-bond donors (Lipinski definition) is 1. The van der Waals surface area contributed by atoms with E-state index in [0.29, 0.717) is 37.9 Å². The van der Waals surface area contributed by atoms with Gasteiger partial charge in [0.1, 0.15) is 5.82 Å². The molecule has 0 aromatic heterocycles. The predicted octanol–water partition coefficient (Wildman–Crippen LogP) is 1.34. The summed E-state index contributed by atoms with van der Waals surface area (Å²) in [6.45, 7) is 1.22. The van der Waals surface area contributed by atoms with E-state index < -0.39 is 5.82 Å². The van der Waals surface area contributed by atoms with Gasteiger partial charge in [0.05, 0.1) is 11.3 Å². The van der Waals surface area contributed by atoms with E-state index in [2.05, 4.69) is 0 Å². The summed E-state index contributed by atoms with van der Waals surface area (Å²) in [5, 5.41) is 0. The van der Waals surface area contributed by atoms with E-state index in [0.717, 1.165) is 0 Å². The Morgan fingerprint density at radius 2 is 2.06 bits per heavy atom. The topological polar surface area (TPSA) is 63.4 Å². The number of rotatable bonds is 3. The Morgan fingerprint density at radius 3 is 2.61 bits per heavy atom. The number of piperidine rings is 1. The van der Waals surface area contributed by atoms with E-state index in [4.69, 9.17) is 5.73 Å². The van der Waals surface area contributed by atoms with Crippen LogP contribution in [0.4, 0.5) is 10.1 Å². The zero-order chi connectivity index (χ0) is 13.1. The molecule has 1 saturated heterocycles. The number of nitrogens with zero attached hydrogens (tertiary/aromatic N) is 1. The highest BCUT2D eigenvalue weighted by Gasteiger charge is 2.24. The number of anilines is 1. The molecular formula is C13H15FN2O2. The van der Waals surface area contributed by atoms with Crippen LogP contribution in [0.25, 0.3) is 0 Å². The number of benzene rings is 1. The lowest BCUT2D eigenvalue weighted by molar-refractivity contribution is -0.122. The van der Waals surface area contributed by atoms with E-state index in [-0.39, 0.29) is 17.4 Å². The van der Waals surface area contributed by atoms with Crippen LogP contribution in [0.2, 0.25) is 0 Å². The molecule has 0 aliphatic carbocycles. The number of primary amides is 1. The normalized spacial score (nSPS) is 16.6. The molecule has 1 heterocycles. The molecule has 1 fully saturated rings. The molecule has 0 saturated carbocycles. The molecule has 0 bridgehead atoms. The number of carbonyl (C=O) groups excluding carboxylic acids is 2. The summed E-state index contributed by atoms with van der Waals surface area (Å²) in [6, 6.07) is 4.57. The first-order chi connectivity index (χ1) is 8.63. The summed E-state index contributed by atoms with van der Waals surface area (Å²) in [5.74, 6) is -0.918. The Bertz CT molecular complexity index is 468. The van der Waals surface area contributed by atoms with Crippen molar-refractivity contribution >= 4 is 17.9 Å². The van der Waals surface area contributed by atoms with Crippen LogP contribution in [0, 0.1) is 11.7 Å². The fourth-order valence-corrected chi connectivity index (χ4v) is 2.32. The number of carbonyl (C=O) groups is 2. The van der Waals surface area contributed by atoms with E-state index in [9.17, 15) is 14.0 Å². The third kappa shape index (κ3) is 2.34. The Morgan fingerprint density at radius 1 is 1.39 bits per heavy atom. The summed E-state index contributed by atoms with van der Waals surface area (Å²) >= 11 is 0. The highest BCUT2D eigenvalue weighted by Crippen LogP contribution is 2.26. The summed E-state index contributed by atoms with van der Waals surface area (Å²) in [6.07, 6.45) is 1.82. The first-order valence-electron chi connectivity index (χ1n) is 5.91. The maximum atomic E-state index is 13.5. The van der Waals surface area contributed by atoms with Crippen molar-refractivity contribution in [1.29, 1.82) is 0 Å². The SMILES string of the molecule is NC(=O)C1CCN(c2cccc(F)c2C=O)CC1. The zero-order valence-corrected chi connectivity index (χ0v) is 9.93. The fourth-order valence-electron chi connectivity index (χ4n) is 2.32. The lowest BCUT2D eigenvalue weighted by Gasteiger charge is -2.33. The summed E-state index contributed by atoms with van der Waals surface area (Å²) < 4.78 is 13.5. The largest absolute Gasteiger partial charge is 0.371 e. The molecule has 96 valence electrons. The van der Waals surface area contributed by atoms with Crippen LogP contribution in [-0.2, 0) is 4.79 Å². The maximum absolute atomic E-state index is 13.5. The monoisotopic (exact) mass is 250 g/mol. The number of halogens is 1. The first kappa shape index (κ1) is 12.5. The maximum Gasteiger partial charge on any atom is 0.220 e. The van der Waals surface area contributed by atoms with Gasteiger partial charge in [-0.05, 0) is 25.0 Å². The van der Waals surface area contributed by atoms with Gasteiger partial charge in [0.2, 0.25) is 5.91 Å². The highest BCUT2D eigenvalue weighted by molar-refractivity contribution is 5.85. The predicted molar refractivity (Wildman–Crippen MR) is 65.9 cm³/mol. The van der Waals surface area contributed by atoms with Gasteiger partial charge in [-0.1, -0.05) is 6.07 Å². The Balaban J connectivity index is 2.17. The number of nitrogens with two attached hydrogens (primary N) is 1. The molecule has 0 radical (unpaired) electrons. The lowest BCUT2D eigenvalue weighted by Crippen LogP contribution is -2.39. The average Bonchev–Trinajstić information content (AvgIpc) is 2.38. The lowest BCUT2D eigenvalue weighted by atomic mass is 9.95. The molecule has 1 amide bonds. The van der Waals surface area contributed by atoms with Crippen LogP contribution in [0.15, 0.2) is 18.2 Å². The quantitative estimate of drug-likeness (QED) is 0.823. The molecule has 5 heteroatoms. The number of aldehydes is 1. The van der Waals surface area contributed by atoms with E-state index in [1.165, 1.54) is 6.07 Å². The van der Waals surface area contributed by atoms with E-state index in [1.54, 1.807) is 12.1 Å². The van der Waals surface area contributed by atoms with E-state index in [1.807, 2.05) is 4.90 Å². The molecule has 1 aliphatic rings. The minimum atomic E-state index is -0.514. The second-order valence-corrected chi connectivity index (χ2v) is 4.45. The third-order valence-corrected chi connectivity index (χ3v) is 3.39. The zero-order valence-electron chi connectivity index (χ0n) is 9.93. The van der Waals surface area contributed by atoms with Crippen molar-refractivity contribution in [2.75, 3.05) is 18.0 Å². The Hall–Kier alpha value is -1.91. The molecule has 1 aromatic carbocycles. The molecule has 1 aromatic rings. The second-order valence-electron chi connectivity index (χ2n) is 4.45. The second kappa shape index (κ2) is 5.16. The standard InChI is InChI=1S/C13H15FN2O2/c14-11-2-1-3-12(10(11)8-17)16-6-4-9(5-7-16)13(15)18/h1-3,8-9H,4-7H2,(H2,15,18). The van der Waals surface area contributed by atoms with Crippen molar-refractivity contribution in [3.05, 3.63) is 29.6 Å². The van der Waals surface area contributed by atoms with E-state index >= 15 is 0 Å². The average molecular weight is 250 g/mol. The van der Waals surface area contributed by atoms with Crippen molar-refractivity contribution in [3.63, 3.8) is 0 Å². The van der Waals surface area contributed by atoms with Crippen molar-refractivity contribution < 1.29 is 14.0 Å². The Labute approximate surface area is 105 Å². The molecular weight excluding hydrogens is 235 g/mol. The first-order valence-corrected chi connectivity index (χ1v) is 5.91. The molecule has 0 unspecified atom stereocenters. The van der Waals surface area contributed by atoms with Gasteiger partial charge in [-0.3, -0.25) is 9.59 Å². The van der Waals surface area contributed by atoms with Gasteiger partial charge >= 0.3 is 0 Å². The van der Waals surface area contributed by atoms with Crippen molar-refractivity contribution in [2.45, 2.75) is 12.8 Å². The van der Waals surface area contributed by atoms with Gasteiger partial charge in [-0.15, -0.1) is 0 Å². The fraction of sp³-hybridized carbons (Fsp3) is 0.385. The number of amides is 1. The van der Waals surface area contributed by atoms with Crippen LogP contribution < -0.4 is 10.6 Å². The third-order valence-electron chi connectivity index (χ3n) is 3.39. The van der Waals surface area contributed by atoms with Crippen LogP contribution in [-0.4, -0.2) is 25.3 Å². The minimum absolute atomic E-state index is 0.0787. The molecule has 4 nitrogen and oxygen atoms in total. The van der Waals surface area contributed by atoms with Crippen LogP contribution in [0.5, 0.6) is 0 Å². The van der Waals surface area contributed by atoms with Crippen LogP contribution in [0.3, 0.4) is 0 Å². The summed E-state index contributed by atoms with van der Waals surface area (Å²) in [4.78, 5) is 23.9. The van der Waals surface area contributed by atoms with Crippen LogP contribution in [0.1, 0.15) is 23.2 Å². The summed E-state index contributed by atoms with van der Waals surface area (Å²) in [5.41, 5.74) is 5.93. The Kier molecular flexibility index (Phi) is 3.60. The van der Waals surface area contributed by atoms with Gasteiger partial charge in [0.25, 0.3) is 0 Å². The van der Waals surface area contributed by atoms with Gasteiger partial charge < -0.3 is 10.6 Å². The molecule has 1 aliphatic heterocycles. The van der Waals surface area contributed by atoms with Crippen molar-refractivity contribution in [3.8, 4) is 0 Å². The van der Waals surface area contributed by atoms with Gasteiger partial charge in [0.15, 0.2) is 6.29 Å². The van der Waals surface area contributed by atoms with Crippen molar-refractivity contribution in [2.24, 2.45) is 11.7 Å². The molecule has 18 heavy (non-hydrogen) atoms. The van der Waals surface area contributed by atoms with Crippen molar-refractivity contribution in [1.82, 2.24) is 0 Å². The highest BCUT2D eigenvalue weighted by atomic mass is 19.1. The molecule has 0 atom stereocenters. The minimum Gasteiger partial charge on any atom is -0.371 e. The van der Waals surface area contributed by atoms with Crippen LogP contribution >= 0.6 is 0 Å². The van der Waals surface area contributed by atoms with Gasteiger partial charge in [0, 0.05) is 19.0 Å². The van der Waals surface area contributed by atoms with Gasteiger partial charge in [-0.25, -0.2) is 4.39 Å². The smallest absolute Gasteiger partial charge is 0.220 e.